The van der Waals surface area contributed by atoms with Gasteiger partial charge in [0.05, 0.1) is 5.71 Å². The molecule has 2 saturated heterocycles. The van der Waals surface area contributed by atoms with Crippen LogP contribution >= 0.6 is 0 Å². The Morgan fingerprint density at radius 3 is 3.00 bits per heavy atom. The SMILES string of the molecule is COCC#CCO/N=C1\CN2CCC1C2. The molecule has 2 aliphatic heterocycles. The molecule has 2 heterocycles. The lowest BCUT2D eigenvalue weighted by atomic mass is 10.0. The van der Waals surface area contributed by atoms with Crippen molar-refractivity contribution < 1.29 is 9.57 Å². The lowest BCUT2D eigenvalue weighted by Crippen LogP contribution is -2.23. The summed E-state index contributed by atoms with van der Waals surface area (Å²) in [6.45, 7) is 4.18. The molecule has 4 heteroatoms. The predicted molar refractivity (Wildman–Crippen MR) is 57.6 cm³/mol. The van der Waals surface area contributed by atoms with Crippen LogP contribution in [0.15, 0.2) is 5.16 Å². The van der Waals surface area contributed by atoms with Crippen molar-refractivity contribution in [3.8, 4) is 11.8 Å². The van der Waals surface area contributed by atoms with Gasteiger partial charge in [-0.1, -0.05) is 17.0 Å². The van der Waals surface area contributed by atoms with E-state index in [0.29, 0.717) is 19.1 Å². The molecule has 0 aliphatic carbocycles. The van der Waals surface area contributed by atoms with E-state index in [1.54, 1.807) is 7.11 Å². The van der Waals surface area contributed by atoms with Crippen LogP contribution in [0.5, 0.6) is 0 Å². The highest BCUT2D eigenvalue weighted by Gasteiger charge is 2.35. The van der Waals surface area contributed by atoms with Gasteiger partial charge in [-0.15, -0.1) is 0 Å². The molecule has 2 atom stereocenters. The minimum atomic E-state index is 0.361. The average molecular weight is 208 g/mol. The molecule has 2 rings (SSSR count). The van der Waals surface area contributed by atoms with Gasteiger partial charge < -0.3 is 9.57 Å². The molecule has 0 N–H and O–H groups in total. The van der Waals surface area contributed by atoms with E-state index in [2.05, 4.69) is 21.9 Å². The second kappa shape index (κ2) is 5.15. The van der Waals surface area contributed by atoms with Crippen LogP contribution in [0.25, 0.3) is 0 Å². The van der Waals surface area contributed by atoms with E-state index >= 15 is 0 Å². The van der Waals surface area contributed by atoms with Crippen molar-refractivity contribution in [1.82, 2.24) is 4.90 Å². The number of piperidine rings is 1. The summed E-state index contributed by atoms with van der Waals surface area (Å²) < 4.78 is 4.79. The summed E-state index contributed by atoms with van der Waals surface area (Å²) in [6.07, 6.45) is 1.23. The van der Waals surface area contributed by atoms with Crippen molar-refractivity contribution in [3.63, 3.8) is 0 Å². The van der Waals surface area contributed by atoms with Gasteiger partial charge in [-0.3, -0.25) is 4.90 Å². The fraction of sp³-hybridized carbons (Fsp3) is 0.727. The van der Waals surface area contributed by atoms with E-state index in [9.17, 15) is 0 Å². The van der Waals surface area contributed by atoms with Gasteiger partial charge >= 0.3 is 0 Å². The average Bonchev–Trinajstić information content (AvgIpc) is 2.85. The third-order valence-corrected chi connectivity index (χ3v) is 2.79. The summed E-state index contributed by atoms with van der Waals surface area (Å²) in [5, 5.41) is 4.14. The maximum absolute atomic E-state index is 5.15. The number of hydrogen-bond donors (Lipinski definition) is 0. The van der Waals surface area contributed by atoms with E-state index < -0.39 is 0 Å². The summed E-state index contributed by atoms with van der Waals surface area (Å²) in [6, 6.07) is 0. The van der Waals surface area contributed by atoms with E-state index in [1.165, 1.54) is 18.7 Å². The van der Waals surface area contributed by atoms with Crippen LogP contribution in [0.1, 0.15) is 6.42 Å². The van der Waals surface area contributed by atoms with Crippen molar-refractivity contribution in [2.45, 2.75) is 6.42 Å². The Balaban J connectivity index is 1.69. The van der Waals surface area contributed by atoms with Crippen molar-refractivity contribution in [2.75, 3.05) is 40.0 Å². The molecule has 0 aromatic carbocycles. The molecular formula is C11H16N2O2. The van der Waals surface area contributed by atoms with Crippen LogP contribution in [0.4, 0.5) is 0 Å². The first-order valence-corrected chi connectivity index (χ1v) is 5.26. The highest BCUT2D eigenvalue weighted by molar-refractivity contribution is 5.91. The van der Waals surface area contributed by atoms with Gasteiger partial charge in [0.2, 0.25) is 0 Å². The number of methoxy groups -OCH3 is 1. The van der Waals surface area contributed by atoms with Gasteiger partial charge in [-0.25, -0.2) is 0 Å². The van der Waals surface area contributed by atoms with Crippen molar-refractivity contribution in [2.24, 2.45) is 11.1 Å². The summed E-state index contributed by atoms with van der Waals surface area (Å²) >= 11 is 0. The first-order chi connectivity index (χ1) is 7.40. The highest BCUT2D eigenvalue weighted by Crippen LogP contribution is 2.25. The Morgan fingerprint density at radius 1 is 1.47 bits per heavy atom. The predicted octanol–water partition coefficient (Wildman–Crippen LogP) is 0.344. The molecule has 0 aromatic heterocycles. The molecule has 2 fully saturated rings. The molecule has 0 aromatic rings. The molecule has 2 bridgehead atoms. The normalized spacial score (nSPS) is 30.3. The lowest BCUT2D eigenvalue weighted by molar-refractivity contribution is 0.176. The number of nitrogens with zero attached hydrogens (tertiary/aromatic N) is 2. The monoisotopic (exact) mass is 208 g/mol. The minimum Gasteiger partial charge on any atom is -0.383 e. The fourth-order valence-electron chi connectivity index (χ4n) is 2.03. The summed E-state index contributed by atoms with van der Waals surface area (Å²) in [7, 11) is 1.62. The van der Waals surface area contributed by atoms with Crippen molar-refractivity contribution >= 4 is 5.71 Å². The topological polar surface area (TPSA) is 34.1 Å². The van der Waals surface area contributed by atoms with Gasteiger partial charge in [0, 0.05) is 26.1 Å². The summed E-state index contributed by atoms with van der Waals surface area (Å²) in [5.41, 5.74) is 1.19. The van der Waals surface area contributed by atoms with Crippen molar-refractivity contribution in [1.29, 1.82) is 0 Å². The summed E-state index contributed by atoms with van der Waals surface area (Å²) in [4.78, 5) is 7.56. The van der Waals surface area contributed by atoms with Crippen LogP contribution in [0, 0.1) is 17.8 Å². The molecule has 0 amide bonds. The Morgan fingerprint density at radius 2 is 2.33 bits per heavy atom. The standard InChI is InChI=1S/C11H16N2O2/c1-14-6-2-3-7-15-12-11-9-13-5-4-10(11)8-13/h10H,4-9H2,1H3/b12-11+. The zero-order valence-corrected chi connectivity index (χ0v) is 9.03. The first kappa shape index (κ1) is 10.5. The molecular weight excluding hydrogens is 192 g/mol. The molecule has 82 valence electrons. The molecule has 4 nitrogen and oxygen atoms in total. The molecule has 2 unspecified atom stereocenters. The maximum Gasteiger partial charge on any atom is 0.177 e. The van der Waals surface area contributed by atoms with Crippen LogP contribution in [-0.4, -0.2) is 50.6 Å². The van der Waals surface area contributed by atoms with E-state index in [4.69, 9.17) is 9.57 Å². The summed E-state index contributed by atoms with van der Waals surface area (Å²) in [5.74, 6) is 6.29. The van der Waals surface area contributed by atoms with Gasteiger partial charge in [-0.05, 0) is 13.0 Å². The Bertz CT molecular complexity index is 303. The van der Waals surface area contributed by atoms with E-state index in [1.807, 2.05) is 0 Å². The van der Waals surface area contributed by atoms with Crippen LogP contribution in [0.3, 0.4) is 0 Å². The Kier molecular flexibility index (Phi) is 3.59. The Labute approximate surface area is 90.2 Å². The third-order valence-electron chi connectivity index (χ3n) is 2.79. The number of hydrogen-bond acceptors (Lipinski definition) is 4. The van der Waals surface area contributed by atoms with Crippen LogP contribution < -0.4 is 0 Å². The third kappa shape index (κ3) is 2.71. The maximum atomic E-state index is 5.15. The van der Waals surface area contributed by atoms with Crippen molar-refractivity contribution in [3.05, 3.63) is 0 Å². The zero-order chi connectivity index (χ0) is 10.5. The highest BCUT2D eigenvalue weighted by atomic mass is 16.6. The largest absolute Gasteiger partial charge is 0.383 e. The molecule has 0 spiro atoms. The number of fused-ring (bicyclic) bond motifs is 2. The smallest absolute Gasteiger partial charge is 0.177 e. The zero-order valence-electron chi connectivity index (χ0n) is 9.03. The second-order valence-electron chi connectivity index (χ2n) is 3.86. The first-order valence-electron chi connectivity index (χ1n) is 5.26. The lowest BCUT2D eigenvalue weighted by Gasteiger charge is -2.12. The van der Waals surface area contributed by atoms with E-state index in [0.717, 1.165) is 13.1 Å². The Hall–Kier alpha value is -1.05. The van der Waals surface area contributed by atoms with Gasteiger partial charge in [0.15, 0.2) is 6.61 Å². The fourth-order valence-corrected chi connectivity index (χ4v) is 2.03. The quantitative estimate of drug-likeness (QED) is 0.381. The molecule has 2 aliphatic rings. The van der Waals surface area contributed by atoms with Gasteiger partial charge in [0.1, 0.15) is 6.61 Å². The van der Waals surface area contributed by atoms with Gasteiger partial charge in [-0.2, -0.15) is 0 Å². The molecule has 0 radical (unpaired) electrons. The number of oxime groups is 1. The van der Waals surface area contributed by atoms with E-state index in [-0.39, 0.29) is 0 Å². The number of rotatable bonds is 3. The number of ether oxygens (including phenoxy) is 1. The minimum absolute atomic E-state index is 0.361. The van der Waals surface area contributed by atoms with Crippen LogP contribution in [0.2, 0.25) is 0 Å². The molecule has 15 heavy (non-hydrogen) atoms. The second-order valence-corrected chi connectivity index (χ2v) is 3.86. The van der Waals surface area contributed by atoms with Gasteiger partial charge in [0.25, 0.3) is 0 Å². The van der Waals surface area contributed by atoms with Crippen LogP contribution in [-0.2, 0) is 9.57 Å². The molecule has 0 saturated carbocycles.